The van der Waals surface area contributed by atoms with Gasteiger partial charge >= 0.3 is 0 Å². The van der Waals surface area contributed by atoms with E-state index in [1.165, 1.54) is 12.1 Å². The Morgan fingerprint density at radius 3 is 2.35 bits per heavy atom. The van der Waals surface area contributed by atoms with Crippen LogP contribution in [0, 0.1) is 5.92 Å². The standard InChI is InChI=1S/C14H24N2O3S/c1-4-11(2)12(3)16-20(17,18)14-7-5-13(6-8-14)19-10-9-15/h5-8,11-12,16H,4,9-10,15H2,1-3H3. The lowest BCUT2D eigenvalue weighted by molar-refractivity contribution is 0.328. The summed E-state index contributed by atoms with van der Waals surface area (Å²) in [7, 11) is -3.48. The highest BCUT2D eigenvalue weighted by Crippen LogP contribution is 2.17. The Kier molecular flexibility index (Phi) is 6.45. The van der Waals surface area contributed by atoms with E-state index < -0.39 is 10.0 Å². The molecule has 0 heterocycles. The first-order chi connectivity index (χ1) is 9.40. The van der Waals surface area contributed by atoms with Crippen LogP contribution in [0.15, 0.2) is 29.2 Å². The van der Waals surface area contributed by atoms with E-state index in [1.807, 2.05) is 20.8 Å². The number of benzene rings is 1. The predicted octanol–water partition coefficient (Wildman–Crippen LogP) is 1.74. The van der Waals surface area contributed by atoms with E-state index >= 15 is 0 Å². The molecule has 0 saturated carbocycles. The molecule has 1 aromatic rings. The number of hydrogen-bond acceptors (Lipinski definition) is 4. The van der Waals surface area contributed by atoms with Gasteiger partial charge in [0.05, 0.1) is 4.90 Å². The van der Waals surface area contributed by atoms with Gasteiger partial charge in [-0.05, 0) is 37.1 Å². The van der Waals surface area contributed by atoms with E-state index in [4.69, 9.17) is 10.5 Å². The molecule has 0 aromatic heterocycles. The minimum Gasteiger partial charge on any atom is -0.492 e. The first kappa shape index (κ1) is 16.9. The summed E-state index contributed by atoms with van der Waals surface area (Å²) in [6.45, 7) is 6.78. The van der Waals surface area contributed by atoms with Crippen molar-refractivity contribution in [1.29, 1.82) is 0 Å². The van der Waals surface area contributed by atoms with Crippen molar-refractivity contribution < 1.29 is 13.2 Å². The van der Waals surface area contributed by atoms with Gasteiger partial charge in [0.25, 0.3) is 0 Å². The zero-order valence-electron chi connectivity index (χ0n) is 12.3. The molecule has 6 heteroatoms. The molecule has 3 N–H and O–H groups in total. The van der Waals surface area contributed by atoms with Gasteiger partial charge in [-0.3, -0.25) is 0 Å². The number of nitrogens with two attached hydrogens (primary N) is 1. The lowest BCUT2D eigenvalue weighted by Gasteiger charge is -2.19. The third-order valence-corrected chi connectivity index (χ3v) is 4.93. The molecule has 1 aromatic carbocycles. The average Bonchev–Trinajstić information content (AvgIpc) is 2.44. The van der Waals surface area contributed by atoms with Crippen molar-refractivity contribution in [2.24, 2.45) is 11.7 Å². The van der Waals surface area contributed by atoms with E-state index in [9.17, 15) is 8.42 Å². The van der Waals surface area contributed by atoms with Crippen LogP contribution in [0.3, 0.4) is 0 Å². The second kappa shape index (κ2) is 7.61. The molecule has 1 rings (SSSR count). The monoisotopic (exact) mass is 300 g/mol. The Labute approximate surface area is 121 Å². The van der Waals surface area contributed by atoms with E-state index in [-0.39, 0.29) is 16.9 Å². The summed E-state index contributed by atoms with van der Waals surface area (Å²) in [5.41, 5.74) is 5.34. The van der Waals surface area contributed by atoms with Crippen molar-refractivity contribution in [3.8, 4) is 5.75 Å². The average molecular weight is 300 g/mol. The smallest absolute Gasteiger partial charge is 0.240 e. The van der Waals surface area contributed by atoms with Gasteiger partial charge in [0.15, 0.2) is 0 Å². The third kappa shape index (κ3) is 4.77. The third-order valence-electron chi connectivity index (χ3n) is 3.36. The van der Waals surface area contributed by atoms with Gasteiger partial charge in [0.1, 0.15) is 12.4 Å². The maximum Gasteiger partial charge on any atom is 0.240 e. The molecule has 2 atom stereocenters. The topological polar surface area (TPSA) is 81.4 Å². The Bertz CT molecular complexity index is 500. The molecular weight excluding hydrogens is 276 g/mol. The molecule has 114 valence electrons. The van der Waals surface area contributed by atoms with Crippen molar-refractivity contribution >= 4 is 10.0 Å². The fourth-order valence-electron chi connectivity index (χ4n) is 1.67. The molecule has 0 spiro atoms. The maximum atomic E-state index is 12.2. The van der Waals surface area contributed by atoms with Gasteiger partial charge < -0.3 is 10.5 Å². The molecule has 0 radical (unpaired) electrons. The highest BCUT2D eigenvalue weighted by Gasteiger charge is 2.20. The summed E-state index contributed by atoms with van der Waals surface area (Å²) < 4.78 is 32.4. The van der Waals surface area contributed by atoms with Crippen LogP contribution >= 0.6 is 0 Å². The molecule has 0 aliphatic carbocycles. The largest absolute Gasteiger partial charge is 0.492 e. The fourth-order valence-corrected chi connectivity index (χ4v) is 3.03. The van der Waals surface area contributed by atoms with Gasteiger partial charge in [0.2, 0.25) is 10.0 Å². The lowest BCUT2D eigenvalue weighted by atomic mass is 10.0. The summed E-state index contributed by atoms with van der Waals surface area (Å²) in [5.74, 6) is 0.904. The molecule has 2 unspecified atom stereocenters. The highest BCUT2D eigenvalue weighted by atomic mass is 32.2. The first-order valence-corrected chi connectivity index (χ1v) is 8.34. The molecule has 20 heavy (non-hydrogen) atoms. The van der Waals surface area contributed by atoms with Crippen molar-refractivity contribution in [2.45, 2.75) is 38.1 Å². The number of nitrogens with one attached hydrogen (secondary N) is 1. The highest BCUT2D eigenvalue weighted by molar-refractivity contribution is 7.89. The molecule has 0 fully saturated rings. The second-order valence-electron chi connectivity index (χ2n) is 4.90. The second-order valence-corrected chi connectivity index (χ2v) is 6.62. The Morgan fingerprint density at radius 1 is 1.25 bits per heavy atom. The SMILES string of the molecule is CCC(C)C(C)NS(=O)(=O)c1ccc(OCCN)cc1. The molecular formula is C14H24N2O3S. The minimum absolute atomic E-state index is 0.0989. The van der Waals surface area contributed by atoms with Crippen molar-refractivity contribution in [3.05, 3.63) is 24.3 Å². The van der Waals surface area contributed by atoms with Gasteiger partial charge in [-0.2, -0.15) is 0 Å². The van der Waals surface area contributed by atoms with Crippen LogP contribution < -0.4 is 15.2 Å². The van der Waals surface area contributed by atoms with Crippen molar-refractivity contribution in [2.75, 3.05) is 13.2 Å². The zero-order chi connectivity index (χ0) is 15.2. The maximum absolute atomic E-state index is 12.2. The van der Waals surface area contributed by atoms with E-state index in [0.717, 1.165) is 6.42 Å². The first-order valence-electron chi connectivity index (χ1n) is 6.86. The molecule has 0 bridgehead atoms. The summed E-state index contributed by atoms with van der Waals surface area (Å²) in [4.78, 5) is 0.243. The number of hydrogen-bond donors (Lipinski definition) is 2. The molecule has 0 aliphatic heterocycles. The lowest BCUT2D eigenvalue weighted by Crippen LogP contribution is -2.36. The van der Waals surface area contributed by atoms with Crippen LogP contribution in [0.25, 0.3) is 0 Å². The summed E-state index contributed by atoms with van der Waals surface area (Å²) >= 11 is 0. The van der Waals surface area contributed by atoms with Crippen LogP contribution in [0.1, 0.15) is 27.2 Å². The van der Waals surface area contributed by atoms with Gasteiger partial charge in [-0.1, -0.05) is 20.3 Å². The molecule has 0 aliphatic rings. The fraction of sp³-hybridized carbons (Fsp3) is 0.571. The Balaban J connectivity index is 2.77. The number of ether oxygens (including phenoxy) is 1. The molecule has 0 saturated heterocycles. The van der Waals surface area contributed by atoms with Crippen molar-refractivity contribution in [1.82, 2.24) is 4.72 Å². The zero-order valence-corrected chi connectivity index (χ0v) is 13.1. The van der Waals surface area contributed by atoms with Crippen LogP contribution in [0.2, 0.25) is 0 Å². The van der Waals surface area contributed by atoms with Crippen LogP contribution in [0.5, 0.6) is 5.75 Å². The summed E-state index contributed by atoms with van der Waals surface area (Å²) in [6, 6.07) is 6.25. The Morgan fingerprint density at radius 2 is 1.85 bits per heavy atom. The van der Waals surface area contributed by atoms with E-state index in [2.05, 4.69) is 4.72 Å². The number of sulfonamides is 1. The Hall–Kier alpha value is -1.11. The van der Waals surface area contributed by atoms with Crippen LogP contribution in [-0.4, -0.2) is 27.6 Å². The van der Waals surface area contributed by atoms with E-state index in [0.29, 0.717) is 18.9 Å². The van der Waals surface area contributed by atoms with Gasteiger partial charge in [0, 0.05) is 12.6 Å². The molecule has 5 nitrogen and oxygen atoms in total. The van der Waals surface area contributed by atoms with Gasteiger partial charge in [-0.15, -0.1) is 0 Å². The van der Waals surface area contributed by atoms with E-state index in [1.54, 1.807) is 12.1 Å². The van der Waals surface area contributed by atoms with Crippen LogP contribution in [-0.2, 0) is 10.0 Å². The number of rotatable bonds is 8. The minimum atomic E-state index is -3.48. The normalized spacial score (nSPS) is 14.8. The van der Waals surface area contributed by atoms with Crippen molar-refractivity contribution in [3.63, 3.8) is 0 Å². The molecule has 0 amide bonds. The summed E-state index contributed by atoms with van der Waals surface area (Å²) in [6.07, 6.45) is 0.926. The predicted molar refractivity (Wildman–Crippen MR) is 80.2 cm³/mol. The summed E-state index contributed by atoms with van der Waals surface area (Å²) in [5, 5.41) is 0. The van der Waals surface area contributed by atoms with Gasteiger partial charge in [-0.25, -0.2) is 13.1 Å². The van der Waals surface area contributed by atoms with Crippen LogP contribution in [0.4, 0.5) is 0 Å². The quantitative estimate of drug-likeness (QED) is 0.766.